The van der Waals surface area contributed by atoms with E-state index in [1.165, 1.54) is 6.08 Å². The van der Waals surface area contributed by atoms with Crippen molar-refractivity contribution in [2.45, 2.75) is 5.33 Å². The Labute approximate surface area is 95.8 Å². The maximum atomic E-state index is 10.3. The summed E-state index contributed by atoms with van der Waals surface area (Å²) in [6.07, 6.45) is 2.59. The van der Waals surface area contributed by atoms with Crippen LogP contribution in [-0.2, 0) is 10.1 Å². The monoisotopic (exact) mass is 265 g/mol. The van der Waals surface area contributed by atoms with Gasteiger partial charge in [0, 0.05) is 11.4 Å². The molecule has 0 aliphatic rings. The number of carbonyl (C=O) groups is 1. The van der Waals surface area contributed by atoms with Crippen LogP contribution in [0.4, 0.5) is 0 Å². The van der Waals surface area contributed by atoms with Crippen molar-refractivity contribution < 1.29 is 9.90 Å². The van der Waals surface area contributed by atoms with E-state index in [0.717, 1.165) is 17.2 Å². The number of aliphatic carboxylic acids is 1. The maximum Gasteiger partial charge on any atom is 0.328 e. The van der Waals surface area contributed by atoms with Crippen LogP contribution in [0.5, 0.6) is 0 Å². The van der Waals surface area contributed by atoms with Gasteiger partial charge in [0.25, 0.3) is 0 Å². The van der Waals surface area contributed by atoms with Crippen molar-refractivity contribution in [3.63, 3.8) is 0 Å². The molecule has 0 saturated carbocycles. The third-order valence-corrected chi connectivity index (χ3v) is 2.43. The summed E-state index contributed by atoms with van der Waals surface area (Å²) >= 11 is 3.29. The molecule has 0 saturated heterocycles. The first-order valence-corrected chi connectivity index (χ1v) is 5.29. The predicted octanol–water partition coefficient (Wildman–Crippen LogP) is 2.55. The molecule has 1 aromatic carbocycles. The Morgan fingerprint density at radius 3 is 2.87 bits per heavy atom. The molecule has 0 amide bonds. The molecule has 1 rings (SSSR count). The fourth-order valence-corrected chi connectivity index (χ4v) is 1.60. The molecule has 0 fully saturated rings. The average Bonchev–Trinajstić information content (AvgIpc) is 2.25. The highest BCUT2D eigenvalue weighted by atomic mass is 79.9. The number of nitrogens with zero attached hydrogens (tertiary/aromatic N) is 1. The Hall–Kier alpha value is -1.60. The highest BCUT2D eigenvalue weighted by Crippen LogP contribution is 2.16. The minimum atomic E-state index is -0.986. The maximum absolute atomic E-state index is 10.3. The van der Waals surface area contributed by atoms with E-state index >= 15 is 0 Å². The minimum absolute atomic E-state index is 0.567. The quantitative estimate of drug-likeness (QED) is 0.675. The van der Waals surface area contributed by atoms with E-state index < -0.39 is 5.97 Å². The molecule has 4 heteroatoms. The van der Waals surface area contributed by atoms with Crippen molar-refractivity contribution in [2.24, 2.45) is 0 Å². The molecule has 0 radical (unpaired) electrons. The Kier molecular flexibility index (Phi) is 4.07. The highest BCUT2D eigenvalue weighted by molar-refractivity contribution is 9.08. The summed E-state index contributed by atoms with van der Waals surface area (Å²) in [6, 6.07) is 7.16. The molecule has 76 valence electrons. The second-order valence-electron chi connectivity index (χ2n) is 2.83. The number of carboxylic acid groups (broad SMARTS) is 1. The lowest BCUT2D eigenvalue weighted by molar-refractivity contribution is -0.131. The third-order valence-electron chi connectivity index (χ3n) is 1.82. The Morgan fingerprint density at radius 2 is 2.33 bits per heavy atom. The van der Waals surface area contributed by atoms with Gasteiger partial charge < -0.3 is 5.11 Å². The molecule has 0 atom stereocenters. The molecule has 0 aliphatic heterocycles. The number of carboxylic acids is 1. The molecule has 0 spiro atoms. The molecule has 15 heavy (non-hydrogen) atoms. The first-order chi connectivity index (χ1) is 7.17. The first-order valence-electron chi connectivity index (χ1n) is 4.17. The second-order valence-corrected chi connectivity index (χ2v) is 3.39. The zero-order valence-corrected chi connectivity index (χ0v) is 9.36. The number of halogens is 1. The van der Waals surface area contributed by atoms with Gasteiger partial charge in [-0.1, -0.05) is 22.0 Å². The normalized spacial score (nSPS) is 10.1. The van der Waals surface area contributed by atoms with Gasteiger partial charge in [0.1, 0.15) is 0 Å². The van der Waals surface area contributed by atoms with Gasteiger partial charge in [-0.2, -0.15) is 5.26 Å². The van der Waals surface area contributed by atoms with Crippen molar-refractivity contribution in [1.82, 2.24) is 0 Å². The fraction of sp³-hybridized carbons (Fsp3) is 0.0909. The number of rotatable bonds is 3. The molecule has 0 aliphatic carbocycles. The Morgan fingerprint density at radius 1 is 1.60 bits per heavy atom. The number of alkyl halides is 1. The highest BCUT2D eigenvalue weighted by Gasteiger charge is 2.00. The molecule has 0 heterocycles. The van der Waals surface area contributed by atoms with Crippen LogP contribution in [0.1, 0.15) is 16.7 Å². The lowest BCUT2D eigenvalue weighted by Crippen LogP contribution is -1.89. The van der Waals surface area contributed by atoms with Gasteiger partial charge in [0.15, 0.2) is 0 Å². The molecule has 0 unspecified atom stereocenters. The van der Waals surface area contributed by atoms with E-state index in [4.69, 9.17) is 10.4 Å². The van der Waals surface area contributed by atoms with Crippen LogP contribution in [0.2, 0.25) is 0 Å². The van der Waals surface area contributed by atoms with E-state index in [-0.39, 0.29) is 0 Å². The topological polar surface area (TPSA) is 61.1 Å². The van der Waals surface area contributed by atoms with Crippen LogP contribution in [0.3, 0.4) is 0 Å². The largest absolute Gasteiger partial charge is 0.478 e. The van der Waals surface area contributed by atoms with Gasteiger partial charge in [-0.3, -0.25) is 0 Å². The second kappa shape index (κ2) is 5.32. The molecule has 1 N–H and O–H groups in total. The fourth-order valence-electron chi connectivity index (χ4n) is 1.11. The summed E-state index contributed by atoms with van der Waals surface area (Å²) < 4.78 is 0. The molecule has 0 aromatic heterocycles. The van der Waals surface area contributed by atoms with Crippen LogP contribution < -0.4 is 0 Å². The summed E-state index contributed by atoms with van der Waals surface area (Å²) in [5, 5.41) is 17.8. The Balaban J connectivity index is 3.09. The van der Waals surface area contributed by atoms with E-state index in [9.17, 15) is 4.79 Å². The van der Waals surface area contributed by atoms with Gasteiger partial charge in [-0.15, -0.1) is 0 Å². The summed E-state index contributed by atoms with van der Waals surface area (Å²) in [6.45, 7) is 0. The molecule has 0 bridgehead atoms. The lowest BCUT2D eigenvalue weighted by atomic mass is 10.1. The van der Waals surface area contributed by atoms with Crippen LogP contribution >= 0.6 is 15.9 Å². The first kappa shape index (κ1) is 11.5. The number of benzene rings is 1. The van der Waals surface area contributed by atoms with Crippen molar-refractivity contribution >= 4 is 28.0 Å². The summed E-state index contributed by atoms with van der Waals surface area (Å²) in [5.74, 6) is -0.986. The standard InChI is InChI=1S/C11H8BrNO2/c12-6-10-5-8(7-13)1-2-9(10)3-4-11(14)15/h1-5H,6H2,(H,14,15)/b4-3+. The smallest absolute Gasteiger partial charge is 0.328 e. The van der Waals surface area contributed by atoms with E-state index in [2.05, 4.69) is 15.9 Å². The zero-order valence-electron chi connectivity index (χ0n) is 7.77. The molecular weight excluding hydrogens is 258 g/mol. The third kappa shape index (κ3) is 3.22. The van der Waals surface area contributed by atoms with Crippen molar-refractivity contribution in [3.05, 3.63) is 41.0 Å². The SMILES string of the molecule is N#Cc1ccc(/C=C/C(=O)O)c(CBr)c1. The van der Waals surface area contributed by atoms with Crippen LogP contribution in [0, 0.1) is 11.3 Å². The number of hydrogen-bond acceptors (Lipinski definition) is 2. The van der Waals surface area contributed by atoms with Gasteiger partial charge in [-0.05, 0) is 29.3 Å². The van der Waals surface area contributed by atoms with Crippen LogP contribution in [0.15, 0.2) is 24.3 Å². The molecule has 1 aromatic rings. The zero-order chi connectivity index (χ0) is 11.3. The number of nitriles is 1. The summed E-state index contributed by atoms with van der Waals surface area (Å²) in [7, 11) is 0. The Bertz CT molecular complexity index is 446. The van der Waals surface area contributed by atoms with Gasteiger partial charge in [0.05, 0.1) is 11.6 Å². The average molecular weight is 266 g/mol. The summed E-state index contributed by atoms with van der Waals surface area (Å²) in [4.78, 5) is 10.3. The van der Waals surface area contributed by atoms with Crippen molar-refractivity contribution in [1.29, 1.82) is 5.26 Å². The van der Waals surface area contributed by atoms with E-state index in [1.807, 2.05) is 6.07 Å². The van der Waals surface area contributed by atoms with Gasteiger partial charge >= 0.3 is 5.97 Å². The predicted molar refractivity (Wildman–Crippen MR) is 60.5 cm³/mol. The molecular formula is C11H8BrNO2. The van der Waals surface area contributed by atoms with Gasteiger partial charge in [0.2, 0.25) is 0 Å². The molecule has 3 nitrogen and oxygen atoms in total. The lowest BCUT2D eigenvalue weighted by Gasteiger charge is -2.02. The van der Waals surface area contributed by atoms with E-state index in [1.54, 1.807) is 18.2 Å². The van der Waals surface area contributed by atoms with Gasteiger partial charge in [-0.25, -0.2) is 4.79 Å². The summed E-state index contributed by atoms with van der Waals surface area (Å²) in [5.41, 5.74) is 2.26. The van der Waals surface area contributed by atoms with Crippen LogP contribution in [-0.4, -0.2) is 11.1 Å². The van der Waals surface area contributed by atoms with Crippen molar-refractivity contribution in [2.75, 3.05) is 0 Å². The van der Waals surface area contributed by atoms with E-state index in [0.29, 0.717) is 10.9 Å². The number of hydrogen-bond donors (Lipinski definition) is 1. The van der Waals surface area contributed by atoms with Crippen LogP contribution in [0.25, 0.3) is 6.08 Å². The minimum Gasteiger partial charge on any atom is -0.478 e. The van der Waals surface area contributed by atoms with Crippen molar-refractivity contribution in [3.8, 4) is 6.07 Å².